The average Bonchev–Trinajstić information content (AvgIpc) is 2.49. The lowest BCUT2D eigenvalue weighted by Crippen LogP contribution is -2.37. The highest BCUT2D eigenvalue weighted by atomic mass is 16.4. The molecule has 0 bridgehead atoms. The molecular weight excluding hydrogens is 172 g/mol. The fourth-order valence-corrected chi connectivity index (χ4v) is 1.44. The van der Waals surface area contributed by atoms with Crippen LogP contribution in [0.15, 0.2) is 6.33 Å². The summed E-state index contributed by atoms with van der Waals surface area (Å²) in [5.74, 6) is 0.0421. The Kier molecular flexibility index (Phi) is 1.97. The third kappa shape index (κ3) is 1.67. The van der Waals surface area contributed by atoms with Crippen molar-refractivity contribution in [1.29, 1.82) is 0 Å². The van der Waals surface area contributed by atoms with Crippen molar-refractivity contribution in [2.45, 2.75) is 13.1 Å². The van der Waals surface area contributed by atoms with Gasteiger partial charge in [-0.1, -0.05) is 0 Å². The Morgan fingerprint density at radius 1 is 1.62 bits per heavy atom. The van der Waals surface area contributed by atoms with E-state index in [0.29, 0.717) is 6.54 Å². The second-order valence-electron chi connectivity index (χ2n) is 3.04. The highest BCUT2D eigenvalue weighted by molar-refractivity contribution is 5.69. The van der Waals surface area contributed by atoms with Crippen LogP contribution in [0.5, 0.6) is 0 Å². The summed E-state index contributed by atoms with van der Waals surface area (Å²) in [5, 5.41) is 16.2. The van der Waals surface area contributed by atoms with Crippen LogP contribution < -0.4 is 0 Å². The summed E-state index contributed by atoms with van der Waals surface area (Å²) in [6.07, 6.45) is 1.67. The van der Waals surface area contributed by atoms with E-state index < -0.39 is 5.97 Å². The van der Waals surface area contributed by atoms with Crippen LogP contribution in [0.4, 0.5) is 0 Å². The van der Waals surface area contributed by atoms with Crippen molar-refractivity contribution in [3.63, 3.8) is 0 Å². The van der Waals surface area contributed by atoms with Crippen LogP contribution in [0.2, 0.25) is 0 Å². The molecule has 13 heavy (non-hydrogen) atoms. The molecule has 0 spiro atoms. The first-order chi connectivity index (χ1) is 6.25. The number of nitrogens with zero attached hydrogens (tertiary/aromatic N) is 4. The Morgan fingerprint density at radius 3 is 3.23 bits per heavy atom. The van der Waals surface area contributed by atoms with Gasteiger partial charge in [-0.3, -0.25) is 9.69 Å². The molecule has 1 N–H and O–H groups in total. The summed E-state index contributed by atoms with van der Waals surface area (Å²) in [6.45, 7) is 2.17. The van der Waals surface area contributed by atoms with Crippen LogP contribution in [0, 0.1) is 0 Å². The topological polar surface area (TPSA) is 71.2 Å². The van der Waals surface area contributed by atoms with Gasteiger partial charge in [0, 0.05) is 13.1 Å². The Balaban J connectivity index is 2.04. The van der Waals surface area contributed by atoms with E-state index in [4.69, 9.17) is 5.11 Å². The van der Waals surface area contributed by atoms with Crippen LogP contribution >= 0.6 is 0 Å². The number of fused-ring (bicyclic) bond motifs is 1. The van der Waals surface area contributed by atoms with E-state index in [0.717, 1.165) is 18.9 Å². The molecule has 2 heterocycles. The molecule has 0 saturated carbocycles. The number of carboxylic acids is 1. The van der Waals surface area contributed by atoms with Gasteiger partial charge in [-0.05, 0) is 0 Å². The second-order valence-corrected chi connectivity index (χ2v) is 3.04. The summed E-state index contributed by atoms with van der Waals surface area (Å²) in [4.78, 5) is 12.3. The molecule has 0 amide bonds. The van der Waals surface area contributed by atoms with E-state index in [9.17, 15) is 4.79 Å². The third-order valence-electron chi connectivity index (χ3n) is 2.08. The van der Waals surface area contributed by atoms with Gasteiger partial charge in [0.05, 0.1) is 13.1 Å². The van der Waals surface area contributed by atoms with Gasteiger partial charge >= 0.3 is 5.97 Å². The molecule has 2 rings (SSSR count). The zero-order valence-electron chi connectivity index (χ0n) is 7.05. The lowest BCUT2D eigenvalue weighted by molar-refractivity contribution is -0.138. The molecule has 70 valence electrons. The van der Waals surface area contributed by atoms with Crippen molar-refractivity contribution in [2.24, 2.45) is 0 Å². The predicted octanol–water partition coefficient (Wildman–Crippen LogP) is -0.822. The number of hydrogen-bond donors (Lipinski definition) is 1. The van der Waals surface area contributed by atoms with Gasteiger partial charge in [-0.15, -0.1) is 10.2 Å². The molecule has 0 unspecified atom stereocenters. The lowest BCUT2D eigenvalue weighted by Gasteiger charge is -2.24. The van der Waals surface area contributed by atoms with E-state index in [1.807, 2.05) is 9.47 Å². The van der Waals surface area contributed by atoms with Crippen molar-refractivity contribution in [1.82, 2.24) is 19.7 Å². The Hall–Kier alpha value is -1.43. The molecule has 1 aromatic heterocycles. The molecule has 0 aliphatic carbocycles. The zero-order valence-corrected chi connectivity index (χ0v) is 7.05. The van der Waals surface area contributed by atoms with Crippen molar-refractivity contribution in [2.75, 3.05) is 13.1 Å². The zero-order chi connectivity index (χ0) is 9.26. The van der Waals surface area contributed by atoms with Gasteiger partial charge in [0.25, 0.3) is 0 Å². The molecule has 6 heteroatoms. The molecular formula is C7H10N4O2. The molecule has 0 saturated heterocycles. The van der Waals surface area contributed by atoms with E-state index in [1.165, 1.54) is 0 Å². The standard InChI is InChI=1S/C7H10N4O2/c12-7(13)4-10-1-2-11-5-8-9-6(11)3-10/h5H,1-4H2,(H,12,13). The second kappa shape index (κ2) is 3.14. The smallest absolute Gasteiger partial charge is 0.317 e. The van der Waals surface area contributed by atoms with Crippen LogP contribution in [0.25, 0.3) is 0 Å². The fraction of sp³-hybridized carbons (Fsp3) is 0.571. The lowest BCUT2D eigenvalue weighted by atomic mass is 10.3. The minimum Gasteiger partial charge on any atom is -0.480 e. The summed E-state index contributed by atoms with van der Waals surface area (Å²) >= 11 is 0. The van der Waals surface area contributed by atoms with Crippen molar-refractivity contribution in [3.8, 4) is 0 Å². The number of carbonyl (C=O) groups is 1. The Bertz CT molecular complexity index is 322. The fourth-order valence-electron chi connectivity index (χ4n) is 1.44. The predicted molar refractivity (Wildman–Crippen MR) is 42.9 cm³/mol. The molecule has 6 nitrogen and oxygen atoms in total. The van der Waals surface area contributed by atoms with Crippen molar-refractivity contribution in [3.05, 3.63) is 12.2 Å². The maximum absolute atomic E-state index is 10.4. The maximum Gasteiger partial charge on any atom is 0.317 e. The first-order valence-corrected chi connectivity index (χ1v) is 4.06. The quantitative estimate of drug-likeness (QED) is 0.647. The molecule has 1 aliphatic rings. The Morgan fingerprint density at radius 2 is 2.46 bits per heavy atom. The number of hydrogen-bond acceptors (Lipinski definition) is 4. The van der Waals surface area contributed by atoms with Gasteiger partial charge in [0.1, 0.15) is 12.2 Å². The minimum absolute atomic E-state index is 0.0762. The number of carboxylic acid groups (broad SMARTS) is 1. The molecule has 0 atom stereocenters. The van der Waals surface area contributed by atoms with Crippen LogP contribution in [0.1, 0.15) is 5.82 Å². The number of aromatic nitrogens is 3. The average molecular weight is 182 g/mol. The van der Waals surface area contributed by atoms with Crippen LogP contribution in [-0.4, -0.2) is 43.8 Å². The van der Waals surface area contributed by atoms with E-state index >= 15 is 0 Å². The highest BCUT2D eigenvalue weighted by Gasteiger charge is 2.18. The van der Waals surface area contributed by atoms with Gasteiger partial charge in [-0.2, -0.15) is 0 Å². The van der Waals surface area contributed by atoms with E-state index in [1.54, 1.807) is 6.33 Å². The molecule has 0 aromatic carbocycles. The summed E-state index contributed by atoms with van der Waals surface area (Å²) in [7, 11) is 0. The van der Waals surface area contributed by atoms with Crippen molar-refractivity contribution < 1.29 is 9.90 Å². The SMILES string of the molecule is O=C(O)CN1CCn2cnnc2C1. The highest BCUT2D eigenvalue weighted by Crippen LogP contribution is 2.07. The van der Waals surface area contributed by atoms with Gasteiger partial charge < -0.3 is 9.67 Å². The van der Waals surface area contributed by atoms with Crippen LogP contribution in [0.3, 0.4) is 0 Å². The Labute approximate surface area is 74.8 Å². The van der Waals surface area contributed by atoms with E-state index in [-0.39, 0.29) is 6.54 Å². The first-order valence-electron chi connectivity index (χ1n) is 4.06. The summed E-state index contributed by atoms with van der Waals surface area (Å²) in [6, 6.07) is 0. The van der Waals surface area contributed by atoms with E-state index in [2.05, 4.69) is 10.2 Å². The first kappa shape index (κ1) is 8.18. The molecule has 1 aromatic rings. The summed E-state index contributed by atoms with van der Waals surface area (Å²) in [5.41, 5.74) is 0. The van der Waals surface area contributed by atoms with Gasteiger partial charge in [-0.25, -0.2) is 0 Å². The maximum atomic E-state index is 10.4. The monoisotopic (exact) mass is 182 g/mol. The summed E-state index contributed by atoms with van der Waals surface area (Å²) < 4.78 is 1.94. The minimum atomic E-state index is -0.798. The van der Waals surface area contributed by atoms with Gasteiger partial charge in [0.15, 0.2) is 0 Å². The number of aliphatic carboxylic acids is 1. The number of rotatable bonds is 2. The van der Waals surface area contributed by atoms with Gasteiger partial charge in [0.2, 0.25) is 0 Å². The molecule has 0 fully saturated rings. The third-order valence-corrected chi connectivity index (χ3v) is 2.08. The molecule has 1 aliphatic heterocycles. The van der Waals surface area contributed by atoms with Crippen LogP contribution in [-0.2, 0) is 17.9 Å². The molecule has 0 radical (unpaired) electrons. The normalized spacial score (nSPS) is 16.9. The van der Waals surface area contributed by atoms with Crippen molar-refractivity contribution >= 4 is 5.97 Å². The largest absolute Gasteiger partial charge is 0.480 e.